The van der Waals surface area contributed by atoms with E-state index in [1.807, 2.05) is 12.1 Å². The third-order valence-electron chi connectivity index (χ3n) is 8.84. The summed E-state index contributed by atoms with van der Waals surface area (Å²) >= 11 is 0. The van der Waals surface area contributed by atoms with Gasteiger partial charge in [-0.2, -0.15) is 8.78 Å². The van der Waals surface area contributed by atoms with Gasteiger partial charge in [0.2, 0.25) is 0 Å². The highest BCUT2D eigenvalue weighted by molar-refractivity contribution is 5.31. The Kier molecular flexibility index (Phi) is 9.14. The zero-order valence-corrected chi connectivity index (χ0v) is 21.7. The van der Waals surface area contributed by atoms with E-state index in [1.165, 1.54) is 43.7 Å². The molecule has 2 fully saturated rings. The monoisotopic (exact) mass is 504 g/mol. The molecule has 2 aromatic carbocycles. The molecule has 36 heavy (non-hydrogen) atoms. The lowest BCUT2D eigenvalue weighted by Gasteiger charge is -2.29. The summed E-state index contributed by atoms with van der Waals surface area (Å²) in [6.07, 6.45) is 7.11. The normalized spacial score (nSPS) is 25.2. The first-order valence-electron chi connectivity index (χ1n) is 13.9. The van der Waals surface area contributed by atoms with Gasteiger partial charge in [-0.15, -0.1) is 0 Å². The highest BCUT2D eigenvalue weighted by Crippen LogP contribution is 2.41. The van der Waals surface area contributed by atoms with E-state index in [0.29, 0.717) is 11.8 Å². The topological polar surface area (TPSA) is 9.23 Å². The largest absolute Gasteiger partial charge is 0.386 e. The van der Waals surface area contributed by atoms with Gasteiger partial charge in [-0.05, 0) is 104 Å². The number of hydrogen-bond acceptors (Lipinski definition) is 1. The molecule has 0 bridgehead atoms. The van der Waals surface area contributed by atoms with E-state index in [-0.39, 0.29) is 24.5 Å². The second-order valence-corrected chi connectivity index (χ2v) is 10.9. The SMILES string of the molecule is CC[C@H]1CC[C@H](c2ccc(CCOC(F)(F)c3ccc([C@H]4CC[C@H](CC)CC4)c(F)c3F)cc2)CC1. The minimum absolute atomic E-state index is 0.115. The molecule has 0 aliphatic heterocycles. The van der Waals surface area contributed by atoms with E-state index in [1.54, 1.807) is 0 Å². The van der Waals surface area contributed by atoms with Crippen LogP contribution in [0.4, 0.5) is 17.6 Å². The molecule has 2 aliphatic rings. The predicted molar refractivity (Wildman–Crippen MR) is 136 cm³/mol. The Morgan fingerprint density at radius 1 is 0.722 bits per heavy atom. The fourth-order valence-electron chi connectivity index (χ4n) is 6.22. The smallest absolute Gasteiger partial charge is 0.316 e. The Balaban J connectivity index is 1.32. The van der Waals surface area contributed by atoms with Crippen LogP contribution in [-0.2, 0) is 17.3 Å². The summed E-state index contributed by atoms with van der Waals surface area (Å²) in [4.78, 5) is 0. The molecule has 2 saturated carbocycles. The van der Waals surface area contributed by atoms with Crippen molar-refractivity contribution in [2.45, 2.75) is 102 Å². The third-order valence-corrected chi connectivity index (χ3v) is 8.84. The van der Waals surface area contributed by atoms with Gasteiger partial charge in [0.25, 0.3) is 0 Å². The fourth-order valence-corrected chi connectivity index (χ4v) is 6.22. The number of alkyl halides is 2. The van der Waals surface area contributed by atoms with Gasteiger partial charge in [0.15, 0.2) is 11.6 Å². The summed E-state index contributed by atoms with van der Waals surface area (Å²) < 4.78 is 63.8. The lowest BCUT2D eigenvalue weighted by Crippen LogP contribution is -2.23. The van der Waals surface area contributed by atoms with Crippen LogP contribution in [0, 0.1) is 23.5 Å². The van der Waals surface area contributed by atoms with E-state index in [9.17, 15) is 17.6 Å². The van der Waals surface area contributed by atoms with Gasteiger partial charge in [0, 0.05) is 0 Å². The molecule has 1 nitrogen and oxygen atoms in total. The minimum Gasteiger partial charge on any atom is -0.316 e. The van der Waals surface area contributed by atoms with Gasteiger partial charge in [-0.3, -0.25) is 0 Å². The summed E-state index contributed by atoms with van der Waals surface area (Å²) in [6, 6.07) is 10.4. The first-order valence-corrected chi connectivity index (χ1v) is 13.9. The van der Waals surface area contributed by atoms with Crippen LogP contribution in [0.15, 0.2) is 36.4 Å². The molecule has 5 heteroatoms. The second-order valence-electron chi connectivity index (χ2n) is 10.9. The van der Waals surface area contributed by atoms with Crippen LogP contribution in [0.1, 0.15) is 112 Å². The number of ether oxygens (including phenoxy) is 1. The van der Waals surface area contributed by atoms with Gasteiger partial charge in [0.05, 0.1) is 12.2 Å². The second kappa shape index (κ2) is 12.1. The van der Waals surface area contributed by atoms with Gasteiger partial charge in [-0.25, -0.2) is 8.78 Å². The molecular weight excluding hydrogens is 464 g/mol. The standard InChI is InChI=1S/C31H40F4O/c1-3-21-5-11-24(12-6-21)25-13-9-23(10-14-25)19-20-36-31(34,35)28-18-17-27(29(32)30(28)33)26-15-7-22(4-2)8-16-26/h9-10,13-14,17-18,21-22,24,26H,3-8,11-12,15-16,19-20H2,1-2H3/t21-,22-,24-,26-. The predicted octanol–water partition coefficient (Wildman–Crippen LogP) is 9.64. The molecule has 0 amide bonds. The molecule has 0 radical (unpaired) electrons. The lowest BCUT2D eigenvalue weighted by atomic mass is 9.77. The highest BCUT2D eigenvalue weighted by atomic mass is 19.3. The van der Waals surface area contributed by atoms with Crippen molar-refractivity contribution in [2.75, 3.05) is 6.61 Å². The average molecular weight is 505 g/mol. The van der Waals surface area contributed by atoms with E-state index < -0.39 is 23.3 Å². The number of rotatable bonds is 9. The molecule has 0 unspecified atom stereocenters. The maximum Gasteiger partial charge on any atom is 0.386 e. The molecule has 0 N–H and O–H groups in total. The van der Waals surface area contributed by atoms with Crippen molar-refractivity contribution >= 4 is 0 Å². The first-order chi connectivity index (χ1) is 17.3. The summed E-state index contributed by atoms with van der Waals surface area (Å²) in [7, 11) is 0. The molecule has 0 atom stereocenters. The average Bonchev–Trinajstić information content (AvgIpc) is 2.90. The molecule has 198 valence electrons. The van der Waals surface area contributed by atoms with Crippen LogP contribution in [0.5, 0.6) is 0 Å². The zero-order valence-electron chi connectivity index (χ0n) is 21.7. The summed E-state index contributed by atoms with van der Waals surface area (Å²) in [5.41, 5.74) is 1.38. The maximum atomic E-state index is 14.8. The Morgan fingerprint density at radius 2 is 1.28 bits per heavy atom. The lowest BCUT2D eigenvalue weighted by molar-refractivity contribution is -0.249. The molecule has 4 rings (SSSR count). The van der Waals surface area contributed by atoms with E-state index >= 15 is 0 Å². The molecule has 0 heterocycles. The van der Waals surface area contributed by atoms with Crippen molar-refractivity contribution in [3.05, 3.63) is 70.3 Å². The van der Waals surface area contributed by atoms with Gasteiger partial charge in [0.1, 0.15) is 0 Å². The van der Waals surface area contributed by atoms with Crippen molar-refractivity contribution < 1.29 is 22.3 Å². The zero-order chi connectivity index (χ0) is 25.7. The Hall–Kier alpha value is -1.88. The molecule has 0 spiro atoms. The number of benzene rings is 2. The van der Waals surface area contributed by atoms with E-state index in [2.05, 4.69) is 26.0 Å². The summed E-state index contributed by atoms with van der Waals surface area (Å²) in [6.45, 7) is 4.11. The Morgan fingerprint density at radius 3 is 1.83 bits per heavy atom. The molecular formula is C31H40F4O. The first kappa shape index (κ1) is 27.2. The van der Waals surface area contributed by atoms with Crippen LogP contribution in [-0.4, -0.2) is 6.61 Å². The van der Waals surface area contributed by atoms with Gasteiger partial charge >= 0.3 is 6.11 Å². The van der Waals surface area contributed by atoms with E-state index in [4.69, 9.17) is 4.74 Å². The van der Waals surface area contributed by atoms with Gasteiger partial charge in [-0.1, -0.05) is 57.0 Å². The number of hydrogen-bond donors (Lipinski definition) is 0. The Bertz CT molecular complexity index is 971. The molecule has 0 aromatic heterocycles. The van der Waals surface area contributed by atoms with E-state index in [0.717, 1.165) is 49.7 Å². The van der Waals surface area contributed by atoms with Crippen molar-refractivity contribution in [3.63, 3.8) is 0 Å². The number of halogens is 4. The van der Waals surface area contributed by atoms with Crippen LogP contribution in [0.2, 0.25) is 0 Å². The summed E-state index contributed by atoms with van der Waals surface area (Å²) in [5, 5.41) is 0. The molecule has 2 aliphatic carbocycles. The van der Waals surface area contributed by atoms with Crippen molar-refractivity contribution in [1.29, 1.82) is 0 Å². The van der Waals surface area contributed by atoms with Crippen LogP contribution in [0.3, 0.4) is 0 Å². The quantitative estimate of drug-likeness (QED) is 0.309. The molecule has 0 saturated heterocycles. The molecule has 2 aromatic rings. The fraction of sp³-hybridized carbons (Fsp3) is 0.613. The Labute approximate surface area is 213 Å². The van der Waals surface area contributed by atoms with Crippen molar-refractivity contribution in [2.24, 2.45) is 11.8 Å². The highest BCUT2D eigenvalue weighted by Gasteiger charge is 2.38. The van der Waals surface area contributed by atoms with Crippen molar-refractivity contribution in [1.82, 2.24) is 0 Å². The van der Waals surface area contributed by atoms with Gasteiger partial charge < -0.3 is 4.74 Å². The minimum atomic E-state index is -3.89. The maximum absolute atomic E-state index is 14.8. The van der Waals surface area contributed by atoms with Crippen molar-refractivity contribution in [3.8, 4) is 0 Å². The third kappa shape index (κ3) is 6.33. The van der Waals surface area contributed by atoms with Crippen LogP contribution >= 0.6 is 0 Å². The summed E-state index contributed by atoms with van der Waals surface area (Å²) in [5.74, 6) is -0.727. The van der Waals surface area contributed by atoms with Crippen LogP contribution in [0.25, 0.3) is 0 Å². The van der Waals surface area contributed by atoms with Crippen LogP contribution < -0.4 is 0 Å².